The Labute approximate surface area is 116 Å². The normalized spacial score (nSPS) is 14.1. The van der Waals surface area contributed by atoms with Crippen molar-refractivity contribution in [2.24, 2.45) is 5.14 Å². The van der Waals surface area contributed by atoms with E-state index in [-0.39, 0.29) is 10.6 Å². The molecule has 0 saturated carbocycles. The van der Waals surface area contributed by atoms with Crippen LogP contribution in [0.2, 0.25) is 0 Å². The molecule has 0 fully saturated rings. The lowest BCUT2D eigenvalue weighted by Crippen LogP contribution is -2.33. The Morgan fingerprint density at radius 2 is 1.89 bits per heavy atom. The predicted molar refractivity (Wildman–Crippen MR) is 70.7 cm³/mol. The van der Waals surface area contributed by atoms with Crippen LogP contribution in [0.4, 0.5) is 0 Å². The standard InChI is InChI=1S/C9H13ClN2O5S2/c1-6(12-19(11,15)16)7-3-4-8(17-2)9(5-7)18(10,13)14/h3-6,12H,1-2H3,(H2,11,15,16). The number of hydrogen-bond donors (Lipinski definition) is 2. The van der Waals surface area contributed by atoms with Crippen molar-refractivity contribution < 1.29 is 21.6 Å². The predicted octanol–water partition coefficient (Wildman–Crippen LogP) is 0.477. The van der Waals surface area contributed by atoms with Crippen LogP contribution in [0, 0.1) is 0 Å². The summed E-state index contributed by atoms with van der Waals surface area (Å²) in [4.78, 5) is -0.239. The van der Waals surface area contributed by atoms with Gasteiger partial charge in [0.2, 0.25) is 0 Å². The van der Waals surface area contributed by atoms with E-state index in [1.54, 1.807) is 0 Å². The third kappa shape index (κ3) is 4.62. The first kappa shape index (κ1) is 16.2. The second kappa shape index (κ2) is 5.63. The molecule has 0 radical (unpaired) electrons. The molecule has 0 bridgehead atoms. The van der Waals surface area contributed by atoms with Crippen molar-refractivity contribution in [3.05, 3.63) is 23.8 Å². The minimum atomic E-state index is -4.01. The van der Waals surface area contributed by atoms with E-state index in [0.29, 0.717) is 5.56 Å². The summed E-state index contributed by atoms with van der Waals surface area (Å²) in [5.41, 5.74) is 0.383. The van der Waals surface area contributed by atoms with Gasteiger partial charge in [-0.15, -0.1) is 0 Å². The largest absolute Gasteiger partial charge is 0.495 e. The monoisotopic (exact) mass is 328 g/mol. The van der Waals surface area contributed by atoms with Crippen LogP contribution in [0.1, 0.15) is 18.5 Å². The quantitative estimate of drug-likeness (QED) is 0.762. The summed E-state index contributed by atoms with van der Waals surface area (Å²) >= 11 is 0. The lowest BCUT2D eigenvalue weighted by atomic mass is 10.1. The maximum absolute atomic E-state index is 11.4. The van der Waals surface area contributed by atoms with Crippen molar-refractivity contribution >= 4 is 29.9 Å². The van der Waals surface area contributed by atoms with Gasteiger partial charge in [-0.1, -0.05) is 6.07 Å². The summed E-state index contributed by atoms with van der Waals surface area (Å²) in [6.45, 7) is 1.51. The summed E-state index contributed by atoms with van der Waals surface area (Å²) < 4.78 is 51.6. The fraction of sp³-hybridized carbons (Fsp3) is 0.333. The molecule has 0 aliphatic carbocycles. The maximum Gasteiger partial charge on any atom is 0.274 e. The molecule has 7 nitrogen and oxygen atoms in total. The Hall–Kier alpha value is -0.870. The molecule has 1 aromatic carbocycles. The van der Waals surface area contributed by atoms with Gasteiger partial charge in [-0.05, 0) is 24.6 Å². The maximum atomic E-state index is 11.4. The smallest absolute Gasteiger partial charge is 0.274 e. The average Bonchev–Trinajstić information content (AvgIpc) is 2.24. The highest BCUT2D eigenvalue weighted by molar-refractivity contribution is 8.13. The number of halogens is 1. The third-order valence-electron chi connectivity index (χ3n) is 2.29. The zero-order chi connectivity index (χ0) is 14.8. The van der Waals surface area contributed by atoms with E-state index in [4.69, 9.17) is 20.6 Å². The van der Waals surface area contributed by atoms with E-state index in [1.807, 2.05) is 0 Å². The Morgan fingerprint density at radius 1 is 1.32 bits per heavy atom. The fourth-order valence-corrected chi connectivity index (χ4v) is 3.13. The SMILES string of the molecule is COc1ccc(C(C)NS(N)(=O)=O)cc1S(=O)(=O)Cl. The lowest BCUT2D eigenvalue weighted by Gasteiger charge is -2.14. The molecule has 0 aromatic heterocycles. The van der Waals surface area contributed by atoms with Gasteiger partial charge in [0.1, 0.15) is 10.6 Å². The number of hydrogen-bond acceptors (Lipinski definition) is 5. The highest BCUT2D eigenvalue weighted by Gasteiger charge is 2.20. The fourth-order valence-electron chi connectivity index (χ4n) is 1.47. The van der Waals surface area contributed by atoms with Crippen molar-refractivity contribution in [2.75, 3.05) is 7.11 Å². The first-order chi connectivity index (χ1) is 8.54. The van der Waals surface area contributed by atoms with Gasteiger partial charge in [0.25, 0.3) is 19.3 Å². The first-order valence-corrected chi connectivity index (χ1v) is 8.83. The molecule has 108 valence electrons. The molecule has 1 rings (SSSR count). The number of benzene rings is 1. The van der Waals surface area contributed by atoms with Gasteiger partial charge in [0, 0.05) is 16.7 Å². The molecule has 1 unspecified atom stereocenters. The number of nitrogens with two attached hydrogens (primary N) is 1. The van der Waals surface area contributed by atoms with Gasteiger partial charge in [0.15, 0.2) is 0 Å². The molecule has 0 aliphatic rings. The van der Waals surface area contributed by atoms with Crippen molar-refractivity contribution in [1.82, 2.24) is 4.72 Å². The summed E-state index contributed by atoms with van der Waals surface area (Å²) in [6, 6.07) is 3.40. The molecule has 1 atom stereocenters. The molecule has 10 heteroatoms. The van der Waals surface area contributed by atoms with Crippen LogP contribution in [-0.2, 0) is 19.3 Å². The highest BCUT2D eigenvalue weighted by Crippen LogP contribution is 2.29. The third-order valence-corrected chi connectivity index (χ3v) is 4.32. The minimum absolute atomic E-state index is 0.0709. The van der Waals surface area contributed by atoms with Crippen LogP contribution in [-0.4, -0.2) is 23.9 Å². The summed E-state index contributed by atoms with van der Waals surface area (Å²) in [7, 11) is -1.33. The zero-order valence-electron chi connectivity index (χ0n) is 10.1. The van der Waals surface area contributed by atoms with Crippen LogP contribution in [0.25, 0.3) is 0 Å². The zero-order valence-corrected chi connectivity index (χ0v) is 12.5. The topological polar surface area (TPSA) is 116 Å². The molecule has 19 heavy (non-hydrogen) atoms. The molecular weight excluding hydrogens is 316 g/mol. The summed E-state index contributed by atoms with van der Waals surface area (Å²) in [5.74, 6) is 0.0709. The van der Waals surface area contributed by atoms with Gasteiger partial charge >= 0.3 is 0 Å². The van der Waals surface area contributed by atoms with E-state index >= 15 is 0 Å². The molecule has 0 spiro atoms. The average molecular weight is 329 g/mol. The Balaban J connectivity index is 3.26. The van der Waals surface area contributed by atoms with Crippen LogP contribution in [0.15, 0.2) is 23.1 Å². The van der Waals surface area contributed by atoms with Crippen LogP contribution < -0.4 is 14.6 Å². The van der Waals surface area contributed by atoms with E-state index in [2.05, 4.69) is 4.72 Å². The van der Waals surface area contributed by atoms with Gasteiger partial charge in [0.05, 0.1) is 7.11 Å². The van der Waals surface area contributed by atoms with Gasteiger partial charge in [-0.25, -0.2) is 13.6 Å². The van der Waals surface area contributed by atoms with Crippen LogP contribution in [0.3, 0.4) is 0 Å². The Bertz CT molecular complexity index is 672. The van der Waals surface area contributed by atoms with Crippen molar-refractivity contribution in [3.8, 4) is 5.75 Å². The minimum Gasteiger partial charge on any atom is -0.495 e. The molecule has 0 saturated heterocycles. The lowest BCUT2D eigenvalue weighted by molar-refractivity contribution is 0.402. The van der Waals surface area contributed by atoms with Crippen LogP contribution >= 0.6 is 10.7 Å². The van der Waals surface area contributed by atoms with Crippen LogP contribution in [0.5, 0.6) is 5.75 Å². The number of methoxy groups -OCH3 is 1. The second-order valence-corrected chi connectivity index (χ2v) is 7.59. The summed E-state index contributed by atoms with van der Waals surface area (Å²) in [5, 5.41) is 4.85. The molecule has 0 amide bonds. The van der Waals surface area contributed by atoms with E-state index in [1.165, 1.54) is 32.2 Å². The van der Waals surface area contributed by atoms with E-state index < -0.39 is 25.3 Å². The van der Waals surface area contributed by atoms with E-state index in [9.17, 15) is 16.8 Å². The molecule has 3 N–H and O–H groups in total. The molecule has 1 aromatic rings. The van der Waals surface area contributed by atoms with Gasteiger partial charge in [-0.3, -0.25) is 0 Å². The van der Waals surface area contributed by atoms with Crippen molar-refractivity contribution in [2.45, 2.75) is 17.9 Å². The van der Waals surface area contributed by atoms with E-state index in [0.717, 1.165) is 0 Å². The van der Waals surface area contributed by atoms with Gasteiger partial charge in [-0.2, -0.15) is 13.1 Å². The van der Waals surface area contributed by atoms with Gasteiger partial charge < -0.3 is 4.74 Å². The number of ether oxygens (including phenoxy) is 1. The molecule has 0 aliphatic heterocycles. The molecular formula is C9H13ClN2O5S2. The van der Waals surface area contributed by atoms with Crippen molar-refractivity contribution in [1.29, 1.82) is 0 Å². The molecule has 0 heterocycles. The number of rotatable bonds is 5. The highest BCUT2D eigenvalue weighted by atomic mass is 35.7. The second-order valence-electron chi connectivity index (χ2n) is 3.73. The Morgan fingerprint density at radius 3 is 2.32 bits per heavy atom. The summed E-state index contributed by atoms with van der Waals surface area (Å²) in [6.07, 6.45) is 0. The number of nitrogens with one attached hydrogen (secondary N) is 1. The first-order valence-electron chi connectivity index (χ1n) is 4.97. The van der Waals surface area contributed by atoms with Crippen molar-refractivity contribution in [3.63, 3.8) is 0 Å². The Kier molecular flexibility index (Phi) is 4.80.